The van der Waals surface area contributed by atoms with E-state index in [1.165, 1.54) is 0 Å². The van der Waals surface area contributed by atoms with E-state index in [1.807, 2.05) is 49.4 Å². The van der Waals surface area contributed by atoms with E-state index < -0.39 is 6.04 Å². The summed E-state index contributed by atoms with van der Waals surface area (Å²) in [6.07, 6.45) is 1.39. The van der Waals surface area contributed by atoms with Crippen molar-refractivity contribution in [2.75, 3.05) is 11.4 Å². The second-order valence-corrected chi connectivity index (χ2v) is 7.35. The van der Waals surface area contributed by atoms with Crippen molar-refractivity contribution in [3.8, 4) is 0 Å². The Kier molecular flexibility index (Phi) is 5.01. The topological polar surface area (TPSA) is 62.3 Å². The normalized spacial score (nSPS) is 17.0. The highest BCUT2D eigenvalue weighted by molar-refractivity contribution is 6.33. The van der Waals surface area contributed by atoms with Crippen molar-refractivity contribution in [2.45, 2.75) is 25.8 Å². The van der Waals surface area contributed by atoms with Gasteiger partial charge in [0.1, 0.15) is 6.04 Å². The van der Waals surface area contributed by atoms with E-state index in [9.17, 15) is 9.59 Å². The number of pyridine rings is 1. The number of hydrogen-bond donors (Lipinski definition) is 1. The number of carbonyl (C=O) groups excluding carboxylic acids is 2. The minimum absolute atomic E-state index is 0.142. The molecule has 0 spiro atoms. The molecular formula is C22H20ClN3O2. The minimum Gasteiger partial charge on any atom is -0.340 e. The summed E-state index contributed by atoms with van der Waals surface area (Å²) in [6.45, 7) is 2.48. The Morgan fingerprint density at radius 2 is 1.96 bits per heavy atom. The van der Waals surface area contributed by atoms with Crippen LogP contribution in [0.3, 0.4) is 0 Å². The van der Waals surface area contributed by atoms with Gasteiger partial charge in [0.25, 0.3) is 5.91 Å². The van der Waals surface area contributed by atoms with Crippen LogP contribution in [-0.2, 0) is 4.79 Å². The molecule has 4 rings (SSSR count). The number of nitrogens with zero attached hydrogens (tertiary/aromatic N) is 2. The molecule has 2 amide bonds. The Labute approximate surface area is 168 Å². The van der Waals surface area contributed by atoms with Crippen molar-refractivity contribution in [1.82, 2.24) is 10.3 Å². The Balaban J connectivity index is 1.59. The van der Waals surface area contributed by atoms with E-state index in [0.717, 1.165) is 17.5 Å². The van der Waals surface area contributed by atoms with E-state index in [4.69, 9.17) is 11.6 Å². The molecule has 3 aromatic rings. The van der Waals surface area contributed by atoms with Crippen molar-refractivity contribution < 1.29 is 9.59 Å². The first-order valence-corrected chi connectivity index (χ1v) is 9.65. The van der Waals surface area contributed by atoms with E-state index in [-0.39, 0.29) is 11.8 Å². The maximum absolute atomic E-state index is 13.0. The summed E-state index contributed by atoms with van der Waals surface area (Å²) >= 11 is 6.26. The molecule has 1 aromatic heterocycles. The lowest BCUT2D eigenvalue weighted by molar-refractivity contribution is -0.121. The Hall–Kier alpha value is -2.92. The first-order chi connectivity index (χ1) is 13.5. The van der Waals surface area contributed by atoms with Crippen LogP contribution in [0, 0.1) is 6.92 Å². The second-order valence-electron chi connectivity index (χ2n) is 6.94. The number of para-hydroxylation sites is 2. The lowest BCUT2D eigenvalue weighted by Gasteiger charge is -2.33. The van der Waals surface area contributed by atoms with Gasteiger partial charge in [-0.3, -0.25) is 14.6 Å². The summed E-state index contributed by atoms with van der Waals surface area (Å²) in [5, 5.41) is 4.32. The standard InChI is InChI=1S/C22H20ClN3O2/c1-14-11-12-15-6-4-7-16(20(15)24-14)21(27)25-18-9-5-13-26(22(18)28)19-10-3-2-8-17(19)23/h2-4,6-8,10-12,18H,5,9,13H2,1H3,(H,25,27). The molecule has 0 bridgehead atoms. The third-order valence-electron chi connectivity index (χ3n) is 4.99. The summed E-state index contributed by atoms with van der Waals surface area (Å²) in [5.74, 6) is -0.430. The zero-order chi connectivity index (χ0) is 19.7. The van der Waals surface area contributed by atoms with Crippen molar-refractivity contribution in [1.29, 1.82) is 0 Å². The lowest BCUT2D eigenvalue weighted by atomic mass is 10.0. The number of aryl methyl sites for hydroxylation is 1. The van der Waals surface area contributed by atoms with Gasteiger partial charge in [-0.1, -0.05) is 41.9 Å². The first-order valence-electron chi connectivity index (χ1n) is 9.28. The van der Waals surface area contributed by atoms with Crippen LogP contribution < -0.4 is 10.2 Å². The number of halogens is 1. The van der Waals surface area contributed by atoms with Crippen molar-refractivity contribution in [2.24, 2.45) is 0 Å². The van der Waals surface area contributed by atoms with Gasteiger partial charge in [-0.05, 0) is 44.0 Å². The summed E-state index contributed by atoms with van der Waals surface area (Å²) in [5.41, 5.74) is 2.64. The number of nitrogens with one attached hydrogen (secondary N) is 1. The average Bonchev–Trinajstić information content (AvgIpc) is 2.69. The zero-order valence-corrected chi connectivity index (χ0v) is 16.2. The van der Waals surface area contributed by atoms with E-state index in [2.05, 4.69) is 10.3 Å². The average molecular weight is 394 g/mol. The molecule has 1 atom stereocenters. The third kappa shape index (κ3) is 3.45. The fraction of sp³-hybridized carbons (Fsp3) is 0.227. The van der Waals surface area contributed by atoms with Gasteiger partial charge in [0.05, 0.1) is 21.8 Å². The Morgan fingerprint density at radius 1 is 1.14 bits per heavy atom. The van der Waals surface area contributed by atoms with Gasteiger partial charge in [0.15, 0.2) is 0 Å². The highest BCUT2D eigenvalue weighted by atomic mass is 35.5. The molecule has 0 aliphatic carbocycles. The monoisotopic (exact) mass is 393 g/mol. The number of benzene rings is 2. The highest BCUT2D eigenvalue weighted by Gasteiger charge is 2.32. The second kappa shape index (κ2) is 7.60. The molecule has 142 valence electrons. The van der Waals surface area contributed by atoms with Gasteiger partial charge < -0.3 is 10.2 Å². The van der Waals surface area contributed by atoms with Crippen LogP contribution in [0.5, 0.6) is 0 Å². The van der Waals surface area contributed by atoms with Gasteiger partial charge in [0, 0.05) is 17.6 Å². The van der Waals surface area contributed by atoms with Gasteiger partial charge in [0.2, 0.25) is 5.91 Å². The summed E-state index contributed by atoms with van der Waals surface area (Å²) in [4.78, 5) is 32.1. The molecule has 5 nitrogen and oxygen atoms in total. The molecule has 1 aliphatic rings. The number of anilines is 1. The van der Waals surface area contributed by atoms with Gasteiger partial charge >= 0.3 is 0 Å². The largest absolute Gasteiger partial charge is 0.340 e. The number of aromatic nitrogens is 1. The predicted octanol–water partition coefficient (Wildman–Crippen LogP) is 4.12. The smallest absolute Gasteiger partial charge is 0.254 e. The predicted molar refractivity (Wildman–Crippen MR) is 111 cm³/mol. The lowest BCUT2D eigenvalue weighted by Crippen LogP contribution is -2.52. The highest BCUT2D eigenvalue weighted by Crippen LogP contribution is 2.28. The van der Waals surface area contributed by atoms with Crippen LogP contribution in [-0.4, -0.2) is 29.4 Å². The fourth-order valence-corrected chi connectivity index (χ4v) is 3.82. The SMILES string of the molecule is Cc1ccc2cccc(C(=O)NC3CCCN(c4ccccc4Cl)C3=O)c2n1. The summed E-state index contributed by atoms with van der Waals surface area (Å²) in [7, 11) is 0. The minimum atomic E-state index is -0.586. The molecule has 1 N–H and O–H groups in total. The molecule has 28 heavy (non-hydrogen) atoms. The van der Waals surface area contributed by atoms with E-state index in [0.29, 0.717) is 34.8 Å². The van der Waals surface area contributed by atoms with E-state index >= 15 is 0 Å². The molecule has 2 heterocycles. The van der Waals surface area contributed by atoms with Gasteiger partial charge in [-0.2, -0.15) is 0 Å². The van der Waals surface area contributed by atoms with Crippen LogP contribution >= 0.6 is 11.6 Å². The number of hydrogen-bond acceptors (Lipinski definition) is 3. The third-order valence-corrected chi connectivity index (χ3v) is 5.31. The summed E-state index contributed by atoms with van der Waals surface area (Å²) in [6, 6.07) is 16.0. The van der Waals surface area contributed by atoms with Crippen molar-refractivity contribution in [3.63, 3.8) is 0 Å². The number of carbonyl (C=O) groups is 2. The fourth-order valence-electron chi connectivity index (χ4n) is 3.58. The quantitative estimate of drug-likeness (QED) is 0.728. The van der Waals surface area contributed by atoms with Crippen LogP contribution in [0.25, 0.3) is 10.9 Å². The molecule has 1 fully saturated rings. The Bertz CT molecular complexity index is 1070. The molecule has 0 radical (unpaired) electrons. The molecule has 2 aromatic carbocycles. The molecular weight excluding hydrogens is 374 g/mol. The number of amides is 2. The molecule has 1 unspecified atom stereocenters. The molecule has 1 saturated heterocycles. The van der Waals surface area contributed by atoms with Gasteiger partial charge in [-0.15, -0.1) is 0 Å². The molecule has 1 aliphatic heterocycles. The molecule has 0 saturated carbocycles. The maximum atomic E-state index is 13.0. The number of piperidine rings is 1. The Morgan fingerprint density at radius 3 is 2.79 bits per heavy atom. The van der Waals surface area contributed by atoms with Crippen LogP contribution in [0.4, 0.5) is 5.69 Å². The van der Waals surface area contributed by atoms with Crippen LogP contribution in [0.1, 0.15) is 28.9 Å². The number of fused-ring (bicyclic) bond motifs is 1. The first kappa shape index (κ1) is 18.4. The zero-order valence-electron chi connectivity index (χ0n) is 15.5. The van der Waals surface area contributed by atoms with Crippen molar-refractivity contribution >= 4 is 40.0 Å². The van der Waals surface area contributed by atoms with Crippen LogP contribution in [0.15, 0.2) is 54.6 Å². The summed E-state index contributed by atoms with van der Waals surface area (Å²) < 4.78 is 0. The number of rotatable bonds is 3. The van der Waals surface area contributed by atoms with Crippen LogP contribution in [0.2, 0.25) is 5.02 Å². The maximum Gasteiger partial charge on any atom is 0.254 e. The van der Waals surface area contributed by atoms with E-state index in [1.54, 1.807) is 17.0 Å². The molecule has 6 heteroatoms. The van der Waals surface area contributed by atoms with Gasteiger partial charge in [-0.25, -0.2) is 0 Å². The van der Waals surface area contributed by atoms with Crippen molar-refractivity contribution in [3.05, 3.63) is 70.9 Å².